The number of hydrogen-bond acceptors (Lipinski definition) is 2. The van der Waals surface area contributed by atoms with Crippen LogP contribution in [0.1, 0.15) is 45.1 Å². The molecule has 0 amide bonds. The van der Waals surface area contributed by atoms with Gasteiger partial charge in [0.1, 0.15) is 5.75 Å². The summed E-state index contributed by atoms with van der Waals surface area (Å²) in [7, 11) is 3.78. The number of hydrogen-bond donors (Lipinski definition) is 1. The van der Waals surface area contributed by atoms with E-state index in [1.807, 2.05) is 6.07 Å². The fourth-order valence-corrected chi connectivity index (χ4v) is 3.20. The van der Waals surface area contributed by atoms with Crippen LogP contribution in [0, 0.1) is 5.41 Å². The van der Waals surface area contributed by atoms with Gasteiger partial charge >= 0.3 is 0 Å². The Labute approximate surface area is 132 Å². The van der Waals surface area contributed by atoms with E-state index in [9.17, 15) is 0 Å². The van der Waals surface area contributed by atoms with E-state index >= 15 is 0 Å². The van der Waals surface area contributed by atoms with Crippen LogP contribution in [0.15, 0.2) is 22.7 Å². The number of methoxy groups -OCH3 is 1. The molecule has 0 heterocycles. The molecule has 0 aliphatic carbocycles. The molecule has 1 aromatic rings. The van der Waals surface area contributed by atoms with Gasteiger partial charge in [-0.15, -0.1) is 0 Å². The molecule has 0 saturated heterocycles. The molecule has 0 radical (unpaired) electrons. The van der Waals surface area contributed by atoms with Crippen molar-refractivity contribution in [3.8, 4) is 5.75 Å². The monoisotopic (exact) mass is 341 g/mol. The second-order valence-electron chi connectivity index (χ2n) is 5.62. The summed E-state index contributed by atoms with van der Waals surface area (Å²) < 4.78 is 6.55. The lowest BCUT2D eigenvalue weighted by molar-refractivity contribution is 0.234. The zero-order valence-electron chi connectivity index (χ0n) is 13.3. The van der Waals surface area contributed by atoms with Crippen molar-refractivity contribution in [3.05, 3.63) is 28.2 Å². The van der Waals surface area contributed by atoms with E-state index in [2.05, 4.69) is 54.3 Å². The zero-order valence-corrected chi connectivity index (χ0v) is 14.8. The van der Waals surface area contributed by atoms with Crippen molar-refractivity contribution in [1.29, 1.82) is 0 Å². The quantitative estimate of drug-likeness (QED) is 0.696. The molecule has 0 spiro atoms. The van der Waals surface area contributed by atoms with Crippen LogP contribution >= 0.6 is 15.9 Å². The summed E-state index contributed by atoms with van der Waals surface area (Å²) in [5.74, 6) is 0.938. The van der Waals surface area contributed by atoms with Gasteiger partial charge in [0, 0.05) is 11.0 Å². The Hall–Kier alpha value is -0.540. The largest absolute Gasteiger partial charge is 0.497 e. The lowest BCUT2D eigenvalue weighted by Crippen LogP contribution is -2.34. The van der Waals surface area contributed by atoms with Crippen molar-refractivity contribution >= 4 is 15.9 Å². The van der Waals surface area contributed by atoms with Crippen LogP contribution in [0.5, 0.6) is 5.75 Å². The van der Waals surface area contributed by atoms with Crippen molar-refractivity contribution in [2.24, 2.45) is 5.41 Å². The SMILES string of the molecule is CCCCC(CC)(CNC)Cc1cc(OC)ccc1Br. The first-order valence-electron chi connectivity index (χ1n) is 7.57. The fraction of sp³-hybridized carbons (Fsp3) is 0.647. The molecular formula is C17H28BrNO. The molecular weight excluding hydrogens is 314 g/mol. The van der Waals surface area contributed by atoms with Crippen molar-refractivity contribution in [1.82, 2.24) is 5.32 Å². The van der Waals surface area contributed by atoms with Crippen LogP contribution in [0.3, 0.4) is 0 Å². The highest BCUT2D eigenvalue weighted by Gasteiger charge is 2.28. The minimum absolute atomic E-state index is 0.333. The van der Waals surface area contributed by atoms with E-state index in [1.54, 1.807) is 7.11 Å². The average Bonchev–Trinajstić information content (AvgIpc) is 2.47. The van der Waals surface area contributed by atoms with Crippen molar-refractivity contribution in [3.63, 3.8) is 0 Å². The van der Waals surface area contributed by atoms with Crippen LogP contribution in [0.2, 0.25) is 0 Å². The van der Waals surface area contributed by atoms with Crippen molar-refractivity contribution in [2.75, 3.05) is 20.7 Å². The van der Waals surface area contributed by atoms with Gasteiger partial charge in [-0.3, -0.25) is 0 Å². The third-order valence-electron chi connectivity index (χ3n) is 4.18. The number of nitrogens with one attached hydrogen (secondary N) is 1. The smallest absolute Gasteiger partial charge is 0.119 e. The number of rotatable bonds is 9. The third-order valence-corrected chi connectivity index (χ3v) is 4.95. The first kappa shape index (κ1) is 17.5. The van der Waals surface area contributed by atoms with Crippen LogP contribution < -0.4 is 10.1 Å². The predicted octanol–water partition coefficient (Wildman–Crippen LogP) is 4.81. The minimum Gasteiger partial charge on any atom is -0.497 e. The van der Waals surface area contributed by atoms with E-state index in [0.29, 0.717) is 5.41 Å². The lowest BCUT2D eigenvalue weighted by atomic mass is 9.75. The Morgan fingerprint density at radius 2 is 2.05 bits per heavy atom. The topological polar surface area (TPSA) is 21.3 Å². The molecule has 1 aromatic carbocycles. The first-order chi connectivity index (χ1) is 9.60. The Kier molecular flexibility index (Phi) is 7.60. The van der Waals surface area contributed by atoms with Gasteiger partial charge in [-0.05, 0) is 55.5 Å². The molecule has 0 fully saturated rings. The van der Waals surface area contributed by atoms with E-state index in [4.69, 9.17) is 4.74 Å². The molecule has 2 nitrogen and oxygen atoms in total. The third kappa shape index (κ3) is 4.78. The summed E-state index contributed by atoms with van der Waals surface area (Å²) in [5.41, 5.74) is 1.68. The van der Waals surface area contributed by atoms with E-state index in [-0.39, 0.29) is 0 Å². The van der Waals surface area contributed by atoms with Gasteiger partial charge < -0.3 is 10.1 Å². The lowest BCUT2D eigenvalue weighted by Gasteiger charge is -2.33. The van der Waals surface area contributed by atoms with E-state index < -0.39 is 0 Å². The van der Waals surface area contributed by atoms with Gasteiger partial charge in [-0.25, -0.2) is 0 Å². The van der Waals surface area contributed by atoms with Crippen LogP contribution in [-0.4, -0.2) is 20.7 Å². The number of unbranched alkanes of at least 4 members (excludes halogenated alkanes) is 1. The van der Waals surface area contributed by atoms with Gasteiger partial charge in [-0.2, -0.15) is 0 Å². The summed E-state index contributed by atoms with van der Waals surface area (Å²) in [6.45, 7) is 5.63. The number of benzene rings is 1. The summed E-state index contributed by atoms with van der Waals surface area (Å²) in [6, 6.07) is 6.26. The Bertz CT molecular complexity index is 408. The number of ether oxygens (including phenoxy) is 1. The highest BCUT2D eigenvalue weighted by Crippen LogP contribution is 2.36. The van der Waals surface area contributed by atoms with Crippen molar-refractivity contribution < 1.29 is 4.74 Å². The van der Waals surface area contributed by atoms with Gasteiger partial charge in [0.15, 0.2) is 0 Å². The van der Waals surface area contributed by atoms with Crippen LogP contribution in [0.25, 0.3) is 0 Å². The summed E-state index contributed by atoms with van der Waals surface area (Å²) in [5, 5.41) is 3.39. The molecule has 1 unspecified atom stereocenters. The second kappa shape index (κ2) is 8.68. The van der Waals surface area contributed by atoms with E-state index in [0.717, 1.165) is 18.7 Å². The maximum atomic E-state index is 5.36. The van der Waals surface area contributed by atoms with Gasteiger partial charge in [0.2, 0.25) is 0 Å². The molecule has 1 N–H and O–H groups in total. The first-order valence-corrected chi connectivity index (χ1v) is 8.37. The molecule has 0 saturated carbocycles. The zero-order chi connectivity index (χ0) is 15.0. The molecule has 3 heteroatoms. The Morgan fingerprint density at radius 1 is 1.30 bits per heavy atom. The molecule has 1 atom stereocenters. The molecule has 0 aromatic heterocycles. The summed E-state index contributed by atoms with van der Waals surface area (Å²) in [6.07, 6.45) is 6.09. The minimum atomic E-state index is 0.333. The highest BCUT2D eigenvalue weighted by atomic mass is 79.9. The summed E-state index contributed by atoms with van der Waals surface area (Å²) >= 11 is 3.68. The average molecular weight is 342 g/mol. The highest BCUT2D eigenvalue weighted by molar-refractivity contribution is 9.10. The standard InChI is InChI=1S/C17H28BrNO/c1-5-7-10-17(6-2,13-19-3)12-14-11-15(20-4)8-9-16(14)18/h8-9,11,19H,5-7,10,12-13H2,1-4H3. The predicted molar refractivity (Wildman–Crippen MR) is 90.6 cm³/mol. The maximum absolute atomic E-state index is 5.36. The fourth-order valence-electron chi connectivity index (χ4n) is 2.81. The van der Waals surface area contributed by atoms with Crippen LogP contribution in [0.4, 0.5) is 0 Å². The molecule has 0 aliphatic rings. The molecule has 20 heavy (non-hydrogen) atoms. The normalized spacial score (nSPS) is 14.1. The van der Waals surface area contributed by atoms with Crippen LogP contribution in [-0.2, 0) is 6.42 Å². The van der Waals surface area contributed by atoms with E-state index in [1.165, 1.54) is 35.7 Å². The van der Waals surface area contributed by atoms with Crippen molar-refractivity contribution in [2.45, 2.75) is 46.0 Å². The van der Waals surface area contributed by atoms with Gasteiger partial charge in [0.05, 0.1) is 7.11 Å². The van der Waals surface area contributed by atoms with Gasteiger partial charge in [-0.1, -0.05) is 42.6 Å². The maximum Gasteiger partial charge on any atom is 0.119 e. The molecule has 1 rings (SSSR count). The summed E-state index contributed by atoms with van der Waals surface area (Å²) in [4.78, 5) is 0. The molecule has 114 valence electrons. The Balaban J connectivity index is 2.98. The number of halogens is 1. The van der Waals surface area contributed by atoms with Gasteiger partial charge in [0.25, 0.3) is 0 Å². The Morgan fingerprint density at radius 3 is 2.60 bits per heavy atom. The molecule has 0 bridgehead atoms. The second-order valence-corrected chi connectivity index (χ2v) is 6.48. The molecule has 0 aliphatic heterocycles.